The molecule has 1 saturated heterocycles. The molecule has 92 valence electrons. The summed E-state index contributed by atoms with van der Waals surface area (Å²) in [5, 5.41) is 0. The van der Waals surface area contributed by atoms with Crippen LogP contribution in [0.5, 0.6) is 0 Å². The molecule has 1 N–H and O–H groups in total. The van der Waals surface area contributed by atoms with Gasteiger partial charge < -0.3 is 14.6 Å². The number of nitrogens with one attached hydrogen (secondary N) is 1. The summed E-state index contributed by atoms with van der Waals surface area (Å²) in [5.41, 5.74) is 0.204. The highest BCUT2D eigenvalue weighted by molar-refractivity contribution is 5.94. The Morgan fingerprint density at radius 3 is 3.18 bits per heavy atom. The summed E-state index contributed by atoms with van der Waals surface area (Å²) < 4.78 is 5.09. The highest BCUT2D eigenvalue weighted by Gasteiger charge is 2.26. The van der Waals surface area contributed by atoms with Crippen molar-refractivity contribution in [1.29, 1.82) is 0 Å². The largest absolute Gasteiger partial charge is 0.384 e. The van der Waals surface area contributed by atoms with Crippen LogP contribution in [0.25, 0.3) is 0 Å². The van der Waals surface area contributed by atoms with E-state index in [2.05, 4.69) is 4.98 Å². The topological polar surface area (TPSA) is 62.4 Å². The number of H-pyrrole nitrogens is 1. The maximum absolute atomic E-state index is 12.1. The minimum absolute atomic E-state index is 0.0743. The molecule has 2 rings (SSSR count). The van der Waals surface area contributed by atoms with Crippen LogP contribution >= 0.6 is 0 Å². The van der Waals surface area contributed by atoms with E-state index in [4.69, 9.17) is 4.74 Å². The van der Waals surface area contributed by atoms with Crippen molar-refractivity contribution in [3.8, 4) is 0 Å². The fourth-order valence-electron chi connectivity index (χ4n) is 2.15. The van der Waals surface area contributed by atoms with Gasteiger partial charge in [-0.05, 0) is 12.5 Å². The zero-order valence-corrected chi connectivity index (χ0v) is 9.81. The molecule has 2 heterocycles. The number of ether oxygens (including phenoxy) is 1. The Labute approximate surface area is 99.4 Å². The number of aromatic nitrogens is 1. The molecule has 17 heavy (non-hydrogen) atoms. The van der Waals surface area contributed by atoms with Crippen LogP contribution in [0.2, 0.25) is 0 Å². The monoisotopic (exact) mass is 236 g/mol. The number of rotatable bonds is 3. The first-order valence-electron chi connectivity index (χ1n) is 5.67. The lowest BCUT2D eigenvalue weighted by atomic mass is 10.1. The van der Waals surface area contributed by atoms with E-state index in [9.17, 15) is 9.59 Å². The first-order chi connectivity index (χ1) is 8.20. The van der Waals surface area contributed by atoms with Gasteiger partial charge in [0.2, 0.25) is 5.56 Å². The number of methoxy groups -OCH3 is 1. The van der Waals surface area contributed by atoms with E-state index in [-0.39, 0.29) is 11.5 Å². The standard InChI is InChI=1S/C12H16N2O3/c1-17-8-9-3-5-14(7-9)12(16)10-2-4-13-11(15)6-10/h2,4,6,9H,3,5,7-8H2,1H3,(H,13,15). The lowest BCUT2D eigenvalue weighted by molar-refractivity contribution is 0.0775. The van der Waals surface area contributed by atoms with Gasteiger partial charge in [-0.15, -0.1) is 0 Å². The quantitative estimate of drug-likeness (QED) is 0.830. The van der Waals surface area contributed by atoms with Crippen LogP contribution < -0.4 is 5.56 Å². The van der Waals surface area contributed by atoms with Crippen molar-refractivity contribution in [3.63, 3.8) is 0 Å². The van der Waals surface area contributed by atoms with E-state index in [0.717, 1.165) is 13.0 Å². The summed E-state index contributed by atoms with van der Waals surface area (Å²) in [4.78, 5) is 27.5. The number of pyridine rings is 1. The second kappa shape index (κ2) is 5.14. The zero-order valence-electron chi connectivity index (χ0n) is 9.81. The molecule has 0 saturated carbocycles. The number of hydrogen-bond donors (Lipinski definition) is 1. The van der Waals surface area contributed by atoms with E-state index >= 15 is 0 Å². The second-order valence-electron chi connectivity index (χ2n) is 4.30. The molecule has 0 spiro atoms. The molecule has 0 aliphatic carbocycles. The van der Waals surface area contributed by atoms with Crippen molar-refractivity contribution in [3.05, 3.63) is 34.2 Å². The molecule has 1 aromatic heterocycles. The Kier molecular flexibility index (Phi) is 3.58. The molecule has 1 aromatic rings. The van der Waals surface area contributed by atoms with E-state index in [0.29, 0.717) is 24.6 Å². The van der Waals surface area contributed by atoms with Crippen LogP contribution in [0.1, 0.15) is 16.8 Å². The van der Waals surface area contributed by atoms with Crippen molar-refractivity contribution in [2.45, 2.75) is 6.42 Å². The van der Waals surface area contributed by atoms with Gasteiger partial charge in [0.25, 0.3) is 5.91 Å². The highest BCUT2D eigenvalue weighted by Crippen LogP contribution is 2.18. The zero-order chi connectivity index (χ0) is 12.3. The van der Waals surface area contributed by atoms with Crippen molar-refractivity contribution < 1.29 is 9.53 Å². The SMILES string of the molecule is COCC1CCN(C(=O)c2cc[nH]c(=O)c2)C1. The van der Waals surface area contributed by atoms with Gasteiger partial charge in [-0.25, -0.2) is 0 Å². The predicted molar refractivity (Wildman–Crippen MR) is 62.9 cm³/mol. The Morgan fingerprint density at radius 2 is 2.47 bits per heavy atom. The lowest BCUT2D eigenvalue weighted by Crippen LogP contribution is -2.30. The molecule has 1 aliphatic heterocycles. The van der Waals surface area contributed by atoms with Crippen molar-refractivity contribution in [2.75, 3.05) is 26.8 Å². The predicted octanol–water partition coefficient (Wildman–Crippen LogP) is 0.483. The van der Waals surface area contributed by atoms with E-state index in [1.54, 1.807) is 18.1 Å². The van der Waals surface area contributed by atoms with Gasteiger partial charge in [-0.3, -0.25) is 9.59 Å². The van der Waals surface area contributed by atoms with Gasteiger partial charge in [0, 0.05) is 43.9 Å². The van der Waals surface area contributed by atoms with Crippen molar-refractivity contribution >= 4 is 5.91 Å². The molecule has 5 heteroatoms. The number of carbonyl (C=O) groups is 1. The molecule has 1 unspecified atom stereocenters. The average Bonchev–Trinajstić information content (AvgIpc) is 2.77. The minimum atomic E-state index is -0.247. The third kappa shape index (κ3) is 2.74. The van der Waals surface area contributed by atoms with E-state index < -0.39 is 0 Å². The summed E-state index contributed by atoms with van der Waals surface area (Å²) in [6.07, 6.45) is 2.46. The van der Waals surface area contributed by atoms with Crippen LogP contribution in [0.4, 0.5) is 0 Å². The molecule has 0 bridgehead atoms. The molecule has 1 fully saturated rings. The molecule has 0 aromatic carbocycles. The van der Waals surface area contributed by atoms with Gasteiger partial charge >= 0.3 is 0 Å². The van der Waals surface area contributed by atoms with E-state index in [1.807, 2.05) is 0 Å². The molecule has 1 atom stereocenters. The third-order valence-electron chi connectivity index (χ3n) is 3.00. The summed E-state index contributed by atoms with van der Waals surface area (Å²) >= 11 is 0. The normalized spacial score (nSPS) is 19.6. The molecule has 1 aliphatic rings. The molecule has 1 amide bonds. The Hall–Kier alpha value is -1.62. The fourth-order valence-corrected chi connectivity index (χ4v) is 2.15. The summed E-state index contributed by atoms with van der Waals surface area (Å²) in [7, 11) is 1.67. The van der Waals surface area contributed by atoms with Crippen LogP contribution in [-0.4, -0.2) is 42.6 Å². The Balaban J connectivity index is 2.04. The van der Waals surface area contributed by atoms with Crippen molar-refractivity contribution in [1.82, 2.24) is 9.88 Å². The Morgan fingerprint density at radius 1 is 1.65 bits per heavy atom. The number of likely N-dealkylation sites (tertiary alicyclic amines) is 1. The van der Waals surface area contributed by atoms with Gasteiger partial charge in [0.05, 0.1) is 6.61 Å². The number of amides is 1. The van der Waals surface area contributed by atoms with Crippen LogP contribution in [0.3, 0.4) is 0 Å². The van der Waals surface area contributed by atoms with Gasteiger partial charge in [-0.2, -0.15) is 0 Å². The summed E-state index contributed by atoms with van der Waals surface area (Å²) in [5.74, 6) is 0.334. The first kappa shape index (κ1) is 11.9. The third-order valence-corrected chi connectivity index (χ3v) is 3.00. The highest BCUT2D eigenvalue weighted by atomic mass is 16.5. The molecule has 0 radical (unpaired) electrons. The number of carbonyl (C=O) groups excluding carboxylic acids is 1. The van der Waals surface area contributed by atoms with Gasteiger partial charge in [-0.1, -0.05) is 0 Å². The Bertz CT molecular complexity index is 455. The molecular weight excluding hydrogens is 220 g/mol. The number of hydrogen-bond acceptors (Lipinski definition) is 3. The fraction of sp³-hybridized carbons (Fsp3) is 0.500. The maximum Gasteiger partial charge on any atom is 0.254 e. The lowest BCUT2D eigenvalue weighted by Gasteiger charge is -2.16. The number of nitrogens with zero attached hydrogens (tertiary/aromatic N) is 1. The van der Waals surface area contributed by atoms with Crippen LogP contribution in [0.15, 0.2) is 23.1 Å². The summed E-state index contributed by atoms with van der Waals surface area (Å²) in [6, 6.07) is 2.97. The van der Waals surface area contributed by atoms with Crippen LogP contribution in [0, 0.1) is 5.92 Å². The van der Waals surface area contributed by atoms with Crippen molar-refractivity contribution in [2.24, 2.45) is 5.92 Å². The maximum atomic E-state index is 12.1. The minimum Gasteiger partial charge on any atom is -0.384 e. The first-order valence-corrected chi connectivity index (χ1v) is 5.67. The van der Waals surface area contributed by atoms with Gasteiger partial charge in [0.15, 0.2) is 0 Å². The smallest absolute Gasteiger partial charge is 0.254 e. The summed E-state index contributed by atoms with van der Waals surface area (Å²) in [6.45, 7) is 2.12. The second-order valence-corrected chi connectivity index (χ2v) is 4.30. The van der Waals surface area contributed by atoms with Gasteiger partial charge in [0.1, 0.15) is 0 Å². The number of aromatic amines is 1. The average molecular weight is 236 g/mol. The van der Waals surface area contributed by atoms with E-state index in [1.165, 1.54) is 12.3 Å². The van der Waals surface area contributed by atoms with Crippen LogP contribution in [-0.2, 0) is 4.74 Å². The molecule has 5 nitrogen and oxygen atoms in total. The molecular formula is C12H16N2O3.